The number of benzene rings is 1. The summed E-state index contributed by atoms with van der Waals surface area (Å²) in [6, 6.07) is 4.71. The summed E-state index contributed by atoms with van der Waals surface area (Å²) < 4.78 is 5.52. The quantitative estimate of drug-likeness (QED) is 0.653. The minimum absolute atomic E-state index is 0.124. The normalized spacial score (nSPS) is 11.3. The maximum absolute atomic E-state index is 9.23. The van der Waals surface area contributed by atoms with Gasteiger partial charge in [-0.05, 0) is 20.8 Å². The Labute approximate surface area is 78.1 Å². The molecule has 0 saturated carbocycles. The van der Waals surface area contributed by atoms with Gasteiger partial charge in [-0.2, -0.15) is 0 Å². The third-order valence-corrected chi connectivity index (χ3v) is 1.34. The zero-order valence-electron chi connectivity index (χ0n) is 8.16. The van der Waals surface area contributed by atoms with Crippen molar-refractivity contribution in [3.05, 3.63) is 18.2 Å². The summed E-state index contributed by atoms with van der Waals surface area (Å²) in [6.45, 7) is 5.81. The predicted molar refractivity (Wildman–Crippen MR) is 52.9 cm³/mol. The van der Waals surface area contributed by atoms with E-state index in [1.807, 2.05) is 20.8 Å². The van der Waals surface area contributed by atoms with E-state index in [0.717, 1.165) is 0 Å². The van der Waals surface area contributed by atoms with Crippen molar-refractivity contribution in [3.63, 3.8) is 0 Å². The van der Waals surface area contributed by atoms with E-state index in [-0.39, 0.29) is 11.4 Å². The molecule has 1 rings (SSSR count). The number of phenolic OH excluding ortho intramolecular Hbond substituents is 1. The molecule has 0 aliphatic carbocycles. The average Bonchev–Trinajstić information content (AvgIpc) is 1.78. The van der Waals surface area contributed by atoms with E-state index < -0.39 is 0 Å². The van der Waals surface area contributed by atoms with Gasteiger partial charge in [0.1, 0.15) is 17.1 Å². The summed E-state index contributed by atoms with van der Waals surface area (Å²) in [4.78, 5) is 0. The molecule has 3 heteroatoms. The van der Waals surface area contributed by atoms with E-state index in [1.165, 1.54) is 6.07 Å². The van der Waals surface area contributed by atoms with Gasteiger partial charge in [0, 0.05) is 23.9 Å². The van der Waals surface area contributed by atoms with Crippen LogP contribution in [0.15, 0.2) is 18.2 Å². The molecule has 0 radical (unpaired) electrons. The molecular weight excluding hydrogens is 166 g/mol. The lowest BCUT2D eigenvalue weighted by Gasteiger charge is -2.21. The molecule has 0 fully saturated rings. The smallest absolute Gasteiger partial charge is 0.125 e. The van der Waals surface area contributed by atoms with Crippen molar-refractivity contribution in [2.45, 2.75) is 26.4 Å². The third-order valence-electron chi connectivity index (χ3n) is 1.34. The topological polar surface area (TPSA) is 55.5 Å². The molecule has 0 spiro atoms. The standard InChI is InChI=1S/C10H15NO2/c1-10(2,3)13-9-5-7(11)4-8(12)6-9/h4-6,12H,11H2,1-3H3. The monoisotopic (exact) mass is 181 g/mol. The van der Waals surface area contributed by atoms with Crippen LogP contribution in [0.1, 0.15) is 20.8 Å². The Morgan fingerprint density at radius 2 is 1.85 bits per heavy atom. The molecular formula is C10H15NO2. The first-order chi connectivity index (χ1) is 5.87. The number of rotatable bonds is 1. The van der Waals surface area contributed by atoms with Crippen molar-refractivity contribution in [2.75, 3.05) is 5.73 Å². The number of hydrogen-bond donors (Lipinski definition) is 2. The van der Waals surface area contributed by atoms with E-state index in [2.05, 4.69) is 0 Å². The van der Waals surface area contributed by atoms with Gasteiger partial charge in [0.25, 0.3) is 0 Å². The van der Waals surface area contributed by atoms with Gasteiger partial charge in [-0.25, -0.2) is 0 Å². The van der Waals surface area contributed by atoms with E-state index in [1.54, 1.807) is 12.1 Å². The van der Waals surface area contributed by atoms with Crippen LogP contribution >= 0.6 is 0 Å². The lowest BCUT2D eigenvalue weighted by atomic mass is 10.2. The van der Waals surface area contributed by atoms with Gasteiger partial charge in [0.15, 0.2) is 0 Å². The first-order valence-corrected chi connectivity index (χ1v) is 4.15. The van der Waals surface area contributed by atoms with Crippen LogP contribution in [0.2, 0.25) is 0 Å². The Balaban J connectivity index is 2.90. The lowest BCUT2D eigenvalue weighted by molar-refractivity contribution is 0.130. The Bertz CT molecular complexity index is 282. The van der Waals surface area contributed by atoms with Crippen molar-refractivity contribution in [3.8, 4) is 11.5 Å². The molecule has 0 atom stereocenters. The fraction of sp³-hybridized carbons (Fsp3) is 0.400. The summed E-state index contributed by atoms with van der Waals surface area (Å²) in [5, 5.41) is 9.23. The number of hydrogen-bond acceptors (Lipinski definition) is 3. The van der Waals surface area contributed by atoms with E-state index in [0.29, 0.717) is 11.4 Å². The van der Waals surface area contributed by atoms with E-state index >= 15 is 0 Å². The minimum atomic E-state index is -0.278. The van der Waals surface area contributed by atoms with Crippen molar-refractivity contribution >= 4 is 5.69 Å². The fourth-order valence-corrected chi connectivity index (χ4v) is 1.02. The van der Waals surface area contributed by atoms with Crippen molar-refractivity contribution < 1.29 is 9.84 Å². The largest absolute Gasteiger partial charge is 0.508 e. The maximum atomic E-state index is 9.23. The maximum Gasteiger partial charge on any atom is 0.125 e. The van der Waals surface area contributed by atoms with Crippen LogP contribution in [0.4, 0.5) is 5.69 Å². The molecule has 0 bridgehead atoms. The first-order valence-electron chi connectivity index (χ1n) is 4.15. The molecule has 0 aromatic heterocycles. The summed E-state index contributed by atoms with van der Waals surface area (Å²) in [5.41, 5.74) is 5.76. The zero-order chi connectivity index (χ0) is 10.1. The number of anilines is 1. The Kier molecular flexibility index (Phi) is 2.36. The average molecular weight is 181 g/mol. The van der Waals surface area contributed by atoms with Crippen molar-refractivity contribution in [1.82, 2.24) is 0 Å². The van der Waals surface area contributed by atoms with Gasteiger partial charge in [-0.15, -0.1) is 0 Å². The molecule has 0 aliphatic heterocycles. The Morgan fingerprint density at radius 3 is 2.31 bits per heavy atom. The molecule has 1 aromatic carbocycles. The van der Waals surface area contributed by atoms with Crippen LogP contribution in [0.5, 0.6) is 11.5 Å². The highest BCUT2D eigenvalue weighted by atomic mass is 16.5. The number of aromatic hydroxyl groups is 1. The number of ether oxygens (including phenoxy) is 1. The molecule has 0 amide bonds. The summed E-state index contributed by atoms with van der Waals surface area (Å²) in [6.07, 6.45) is 0. The second kappa shape index (κ2) is 3.17. The number of nitrogens with two attached hydrogens (primary N) is 1. The molecule has 0 saturated heterocycles. The van der Waals surface area contributed by atoms with Gasteiger partial charge in [0.05, 0.1) is 0 Å². The second-order valence-electron chi connectivity index (χ2n) is 3.97. The van der Waals surface area contributed by atoms with E-state index in [4.69, 9.17) is 10.5 Å². The van der Waals surface area contributed by atoms with Crippen LogP contribution in [-0.4, -0.2) is 10.7 Å². The van der Waals surface area contributed by atoms with Crippen LogP contribution in [0.3, 0.4) is 0 Å². The number of phenols is 1. The summed E-state index contributed by atoms with van der Waals surface area (Å²) >= 11 is 0. The molecule has 0 unspecified atom stereocenters. The van der Waals surface area contributed by atoms with Gasteiger partial charge >= 0.3 is 0 Å². The van der Waals surface area contributed by atoms with Crippen LogP contribution in [-0.2, 0) is 0 Å². The molecule has 3 N–H and O–H groups in total. The molecule has 3 nitrogen and oxygen atoms in total. The molecule has 0 aliphatic rings. The Hall–Kier alpha value is -1.38. The predicted octanol–water partition coefficient (Wildman–Crippen LogP) is 2.15. The van der Waals surface area contributed by atoms with Crippen LogP contribution < -0.4 is 10.5 Å². The SMILES string of the molecule is CC(C)(C)Oc1cc(N)cc(O)c1. The van der Waals surface area contributed by atoms with Gasteiger partial charge in [0.2, 0.25) is 0 Å². The molecule has 72 valence electrons. The van der Waals surface area contributed by atoms with Gasteiger partial charge in [-0.3, -0.25) is 0 Å². The summed E-state index contributed by atoms with van der Waals surface area (Å²) in [7, 11) is 0. The van der Waals surface area contributed by atoms with Crippen LogP contribution in [0, 0.1) is 0 Å². The Morgan fingerprint density at radius 1 is 1.23 bits per heavy atom. The summed E-state index contributed by atoms with van der Waals surface area (Å²) in [5.74, 6) is 0.712. The lowest BCUT2D eigenvalue weighted by Crippen LogP contribution is -2.22. The van der Waals surface area contributed by atoms with Gasteiger partial charge < -0.3 is 15.6 Å². The van der Waals surface area contributed by atoms with Gasteiger partial charge in [-0.1, -0.05) is 0 Å². The zero-order valence-corrected chi connectivity index (χ0v) is 8.16. The second-order valence-corrected chi connectivity index (χ2v) is 3.97. The highest BCUT2D eigenvalue weighted by Crippen LogP contribution is 2.25. The highest BCUT2D eigenvalue weighted by Gasteiger charge is 2.12. The first kappa shape index (κ1) is 9.71. The third kappa shape index (κ3) is 3.23. The van der Waals surface area contributed by atoms with Crippen LogP contribution in [0.25, 0.3) is 0 Å². The van der Waals surface area contributed by atoms with Crippen molar-refractivity contribution in [2.24, 2.45) is 0 Å². The molecule has 1 aromatic rings. The van der Waals surface area contributed by atoms with Crippen molar-refractivity contribution in [1.29, 1.82) is 0 Å². The minimum Gasteiger partial charge on any atom is -0.508 e. The fourth-order valence-electron chi connectivity index (χ4n) is 1.02. The van der Waals surface area contributed by atoms with E-state index in [9.17, 15) is 5.11 Å². The number of nitrogen functional groups attached to an aromatic ring is 1. The molecule has 13 heavy (non-hydrogen) atoms. The molecule has 0 heterocycles. The highest BCUT2D eigenvalue weighted by molar-refractivity contribution is 5.49.